The largest absolute Gasteiger partial charge is 0.481 e. The van der Waals surface area contributed by atoms with Gasteiger partial charge in [0.1, 0.15) is 24.7 Å². The first-order valence-corrected chi connectivity index (χ1v) is 7.73. The number of para-hydroxylation sites is 2. The van der Waals surface area contributed by atoms with Crippen LogP contribution in [0.4, 0.5) is 0 Å². The van der Waals surface area contributed by atoms with Crippen molar-refractivity contribution in [2.75, 3.05) is 19.8 Å². The van der Waals surface area contributed by atoms with Gasteiger partial charge in [0.25, 0.3) is 0 Å². The van der Waals surface area contributed by atoms with Crippen molar-refractivity contribution in [3.05, 3.63) is 59.7 Å². The van der Waals surface area contributed by atoms with Crippen molar-refractivity contribution < 1.29 is 19.0 Å². The van der Waals surface area contributed by atoms with E-state index in [1.807, 2.05) is 18.2 Å². The number of ketones is 1. The molecule has 0 N–H and O–H groups in total. The van der Waals surface area contributed by atoms with Crippen molar-refractivity contribution in [2.24, 2.45) is 0 Å². The van der Waals surface area contributed by atoms with E-state index >= 15 is 0 Å². The summed E-state index contributed by atoms with van der Waals surface area (Å²) in [7, 11) is 0. The van der Waals surface area contributed by atoms with E-state index < -0.39 is 5.60 Å². The standard InChI is InChI=1S/C21H16O4/c1-3-13-23-18-11-7-5-9-16(18)20(22)21(15-25-21)17-10-6-8-12-19(17)24-14-4-2/h1-2,5-12H,13-15H2. The van der Waals surface area contributed by atoms with Gasteiger partial charge in [-0.3, -0.25) is 4.79 Å². The highest BCUT2D eigenvalue weighted by atomic mass is 16.6. The molecule has 0 saturated carbocycles. The fraction of sp³-hybridized carbons (Fsp3) is 0.190. The lowest BCUT2D eigenvalue weighted by Gasteiger charge is -2.17. The normalized spacial score (nSPS) is 17.8. The van der Waals surface area contributed by atoms with Gasteiger partial charge in [-0.1, -0.05) is 42.2 Å². The lowest BCUT2D eigenvalue weighted by molar-refractivity contribution is 0.0864. The monoisotopic (exact) mass is 332 g/mol. The Morgan fingerprint density at radius 1 is 1.00 bits per heavy atom. The highest BCUT2D eigenvalue weighted by Gasteiger charge is 2.56. The number of benzene rings is 2. The van der Waals surface area contributed by atoms with E-state index in [4.69, 9.17) is 27.1 Å². The average molecular weight is 332 g/mol. The molecule has 0 radical (unpaired) electrons. The molecule has 1 aliphatic rings. The summed E-state index contributed by atoms with van der Waals surface area (Å²) in [6, 6.07) is 14.2. The molecule has 1 aliphatic heterocycles. The van der Waals surface area contributed by atoms with E-state index in [0.717, 1.165) is 0 Å². The predicted molar refractivity (Wildman–Crippen MR) is 93.5 cm³/mol. The Morgan fingerprint density at radius 3 is 2.20 bits per heavy atom. The van der Waals surface area contributed by atoms with Crippen LogP contribution >= 0.6 is 0 Å². The highest BCUT2D eigenvalue weighted by molar-refractivity contribution is 6.07. The first-order chi connectivity index (χ1) is 12.2. The molecule has 4 heteroatoms. The Kier molecular flexibility index (Phi) is 4.75. The zero-order chi connectivity index (χ0) is 17.7. The number of rotatable bonds is 7. The predicted octanol–water partition coefficient (Wildman–Crippen LogP) is 2.82. The summed E-state index contributed by atoms with van der Waals surface area (Å²) in [5, 5.41) is 0. The number of hydrogen-bond acceptors (Lipinski definition) is 4. The Bertz CT molecular complexity index is 866. The fourth-order valence-corrected chi connectivity index (χ4v) is 2.64. The van der Waals surface area contributed by atoms with E-state index in [1.54, 1.807) is 30.3 Å². The number of hydrogen-bond donors (Lipinski definition) is 0. The van der Waals surface area contributed by atoms with Crippen molar-refractivity contribution in [3.63, 3.8) is 0 Å². The van der Waals surface area contributed by atoms with Crippen LogP contribution in [-0.4, -0.2) is 25.6 Å². The van der Waals surface area contributed by atoms with Gasteiger partial charge in [0, 0.05) is 5.56 Å². The second-order valence-electron chi connectivity index (χ2n) is 5.42. The number of Topliss-reactive ketones (excluding diaryl/α,β-unsaturated/α-hetero) is 1. The third-order valence-electron chi connectivity index (χ3n) is 3.88. The summed E-state index contributed by atoms with van der Waals surface area (Å²) in [5.41, 5.74) is -0.00939. The van der Waals surface area contributed by atoms with Crippen molar-refractivity contribution in [2.45, 2.75) is 5.60 Å². The number of terminal acetylenes is 2. The fourth-order valence-electron chi connectivity index (χ4n) is 2.64. The molecule has 0 aliphatic carbocycles. The summed E-state index contributed by atoms with van der Waals surface area (Å²) >= 11 is 0. The quantitative estimate of drug-likeness (QED) is 0.444. The maximum absolute atomic E-state index is 13.2. The number of ether oxygens (including phenoxy) is 3. The van der Waals surface area contributed by atoms with Gasteiger partial charge in [0.15, 0.2) is 5.60 Å². The lowest BCUT2D eigenvalue weighted by Crippen LogP contribution is -2.24. The van der Waals surface area contributed by atoms with Crippen LogP contribution in [0.5, 0.6) is 11.5 Å². The van der Waals surface area contributed by atoms with E-state index in [-0.39, 0.29) is 25.6 Å². The molecule has 1 heterocycles. The summed E-state index contributed by atoms with van der Waals surface area (Å²) in [6.45, 7) is 0.467. The van der Waals surface area contributed by atoms with Crippen LogP contribution in [0.2, 0.25) is 0 Å². The first kappa shape index (κ1) is 16.6. The number of carbonyl (C=O) groups is 1. The minimum Gasteiger partial charge on any atom is -0.481 e. The summed E-state index contributed by atoms with van der Waals surface area (Å²) < 4.78 is 16.7. The molecule has 3 rings (SSSR count). The molecule has 1 unspecified atom stereocenters. The molecule has 0 bridgehead atoms. The van der Waals surface area contributed by atoms with Crippen molar-refractivity contribution in [1.82, 2.24) is 0 Å². The van der Waals surface area contributed by atoms with Crippen LogP contribution in [0.15, 0.2) is 48.5 Å². The second kappa shape index (κ2) is 7.13. The molecule has 0 spiro atoms. The van der Waals surface area contributed by atoms with Gasteiger partial charge in [-0.15, -0.1) is 12.8 Å². The molecular weight excluding hydrogens is 316 g/mol. The maximum atomic E-state index is 13.2. The Balaban J connectivity index is 1.96. The molecule has 0 aromatic heterocycles. The smallest absolute Gasteiger partial charge is 0.205 e. The second-order valence-corrected chi connectivity index (χ2v) is 5.42. The zero-order valence-electron chi connectivity index (χ0n) is 13.5. The molecule has 1 saturated heterocycles. The summed E-state index contributed by atoms with van der Waals surface area (Å²) in [5.74, 6) is 5.59. The highest BCUT2D eigenvalue weighted by Crippen LogP contribution is 2.46. The molecular formula is C21H16O4. The summed E-state index contributed by atoms with van der Waals surface area (Å²) in [6.07, 6.45) is 10.5. The molecule has 4 nitrogen and oxygen atoms in total. The minimum atomic E-state index is -1.08. The van der Waals surface area contributed by atoms with Crippen LogP contribution < -0.4 is 9.47 Å². The van der Waals surface area contributed by atoms with Gasteiger partial charge in [-0.05, 0) is 18.2 Å². The third kappa shape index (κ3) is 3.21. The summed E-state index contributed by atoms with van der Waals surface area (Å²) in [4.78, 5) is 13.2. The maximum Gasteiger partial charge on any atom is 0.205 e. The lowest BCUT2D eigenvalue weighted by atomic mass is 9.90. The van der Waals surface area contributed by atoms with Gasteiger partial charge in [0.05, 0.1) is 12.2 Å². The Hall–Kier alpha value is -3.21. The van der Waals surface area contributed by atoms with Gasteiger partial charge >= 0.3 is 0 Å². The molecule has 124 valence electrons. The van der Waals surface area contributed by atoms with Crippen molar-refractivity contribution >= 4 is 5.78 Å². The number of epoxide rings is 1. The van der Waals surface area contributed by atoms with Crippen LogP contribution in [0.3, 0.4) is 0 Å². The molecule has 2 aromatic carbocycles. The number of carbonyl (C=O) groups excluding carboxylic acids is 1. The Morgan fingerprint density at radius 2 is 1.56 bits per heavy atom. The average Bonchev–Trinajstić information content (AvgIpc) is 3.46. The molecule has 1 atom stereocenters. The molecule has 0 amide bonds. The first-order valence-electron chi connectivity index (χ1n) is 7.73. The molecule has 25 heavy (non-hydrogen) atoms. The van der Waals surface area contributed by atoms with Gasteiger partial charge in [-0.25, -0.2) is 0 Å². The van der Waals surface area contributed by atoms with Crippen LogP contribution in [-0.2, 0) is 10.3 Å². The SMILES string of the molecule is C#CCOc1ccccc1C(=O)C1(c2ccccc2OCC#C)CO1. The minimum absolute atomic E-state index is 0.0834. The van der Waals surface area contributed by atoms with E-state index in [9.17, 15) is 4.79 Å². The van der Waals surface area contributed by atoms with Gasteiger partial charge < -0.3 is 14.2 Å². The van der Waals surface area contributed by atoms with E-state index in [1.165, 1.54) is 0 Å². The van der Waals surface area contributed by atoms with Crippen LogP contribution in [0, 0.1) is 24.7 Å². The molecule has 1 fully saturated rings. The third-order valence-corrected chi connectivity index (χ3v) is 3.88. The van der Waals surface area contributed by atoms with E-state index in [0.29, 0.717) is 22.6 Å². The zero-order valence-corrected chi connectivity index (χ0v) is 13.5. The van der Waals surface area contributed by atoms with Crippen LogP contribution in [0.25, 0.3) is 0 Å². The van der Waals surface area contributed by atoms with Gasteiger partial charge in [0.2, 0.25) is 5.78 Å². The van der Waals surface area contributed by atoms with Crippen molar-refractivity contribution in [3.8, 4) is 36.2 Å². The Labute approximate surface area is 146 Å². The van der Waals surface area contributed by atoms with Crippen molar-refractivity contribution in [1.29, 1.82) is 0 Å². The van der Waals surface area contributed by atoms with E-state index in [2.05, 4.69) is 11.8 Å². The van der Waals surface area contributed by atoms with Gasteiger partial charge in [-0.2, -0.15) is 0 Å². The molecule has 2 aromatic rings. The topological polar surface area (TPSA) is 48.1 Å². The van der Waals surface area contributed by atoms with Crippen LogP contribution in [0.1, 0.15) is 15.9 Å².